The molecule has 0 radical (unpaired) electrons. The van der Waals surface area contributed by atoms with Gasteiger partial charge in [0, 0.05) is 59.7 Å². The van der Waals surface area contributed by atoms with Crippen molar-refractivity contribution in [2.45, 2.75) is 36.1 Å². The zero-order chi connectivity index (χ0) is 34.9. The molecule has 0 N–H and O–H groups in total. The fourth-order valence-electron chi connectivity index (χ4n) is 6.83. The lowest BCUT2D eigenvalue weighted by atomic mass is 10.1. The molecule has 0 saturated carbocycles. The van der Waals surface area contributed by atoms with Gasteiger partial charge in [0.25, 0.3) is 18.3 Å². The van der Waals surface area contributed by atoms with Crippen LogP contribution in [0.4, 0.5) is 5.95 Å². The van der Waals surface area contributed by atoms with E-state index in [-0.39, 0.29) is 43.2 Å². The van der Waals surface area contributed by atoms with E-state index >= 15 is 0 Å². The van der Waals surface area contributed by atoms with Crippen LogP contribution >= 0.6 is 35.3 Å². The summed E-state index contributed by atoms with van der Waals surface area (Å²) in [5, 5.41) is 3.50. The van der Waals surface area contributed by atoms with Crippen LogP contribution in [0.1, 0.15) is 20.8 Å². The molecule has 0 bridgehead atoms. The first kappa shape index (κ1) is 37.1. The summed E-state index contributed by atoms with van der Waals surface area (Å²) in [4.78, 5) is 15.8. The number of fused-ring (bicyclic) bond motifs is 1. The Hall–Kier alpha value is -3.68. The van der Waals surface area contributed by atoms with E-state index in [2.05, 4.69) is 79.2 Å². The van der Waals surface area contributed by atoms with Crippen molar-refractivity contribution in [3.8, 4) is 11.1 Å². The minimum Gasteiger partial charge on any atom is -0.405 e. The predicted molar refractivity (Wildman–Crippen MR) is 213 cm³/mol. The third kappa shape index (κ3) is 7.34. The minimum absolute atomic E-state index is 0. The summed E-state index contributed by atoms with van der Waals surface area (Å²) in [5.41, 5.74) is 1.85. The number of rotatable bonds is 9. The van der Waals surface area contributed by atoms with Crippen LogP contribution in [0.15, 0.2) is 126 Å². The quantitative estimate of drug-likeness (QED) is 0.143. The first-order chi connectivity index (χ1) is 24.1. The number of halogens is 2. The first-order valence-electron chi connectivity index (χ1n) is 16.5. The summed E-state index contributed by atoms with van der Waals surface area (Å²) in [6, 6.07) is 31.6. The Morgan fingerprint density at radius 2 is 1.49 bits per heavy atom. The van der Waals surface area contributed by atoms with E-state index < -0.39 is 18.3 Å². The van der Waals surface area contributed by atoms with Crippen LogP contribution in [-0.2, 0) is 14.4 Å². The van der Waals surface area contributed by atoms with Crippen molar-refractivity contribution in [2.75, 3.05) is 31.1 Å². The minimum atomic E-state index is -3.81. The van der Waals surface area contributed by atoms with Gasteiger partial charge < -0.3 is 9.33 Å². The summed E-state index contributed by atoms with van der Waals surface area (Å²) < 4.78 is 38.6. The van der Waals surface area contributed by atoms with Gasteiger partial charge in [-0.15, -0.1) is 23.7 Å². The third-order valence-corrected chi connectivity index (χ3v) is 18.0. The number of thiophene rings is 1. The standard InChI is InChI=1S/C38H38ClN5O3S2Si.ClH/c1-38(2,3)50(33-10-6-4-7-11-33,34-12-8-5-9-13-34)47-27-32-26-43(49(45,46)36-22-29-14-15-31(39)23-35(29)48-36)20-21-44(32)37-41-24-30(25-42-37)28-16-18-40-19-17-28;/h4-19,22-25,32H,20-21,26-27H2,1-3H3;1H. The van der Waals surface area contributed by atoms with Crippen LogP contribution < -0.4 is 15.3 Å². The van der Waals surface area contributed by atoms with Crippen LogP contribution in [0.5, 0.6) is 0 Å². The number of hydrogen-bond acceptors (Lipinski definition) is 8. The lowest BCUT2D eigenvalue weighted by Gasteiger charge is -2.46. The third-order valence-electron chi connectivity index (χ3n) is 9.32. The van der Waals surface area contributed by atoms with E-state index in [1.807, 2.05) is 48.8 Å². The molecule has 8 nitrogen and oxygen atoms in total. The molecule has 7 rings (SSSR count). The van der Waals surface area contributed by atoms with E-state index in [0.29, 0.717) is 21.7 Å². The Bertz CT molecular complexity index is 2150. The number of nitrogens with zero attached hydrogens (tertiary/aromatic N) is 5. The summed E-state index contributed by atoms with van der Waals surface area (Å²) in [5.74, 6) is 0.535. The van der Waals surface area contributed by atoms with Crippen LogP contribution in [-0.4, -0.2) is 68.3 Å². The predicted octanol–water partition coefficient (Wildman–Crippen LogP) is 7.28. The molecule has 1 atom stereocenters. The lowest BCUT2D eigenvalue weighted by Crippen LogP contribution is -2.68. The number of hydrogen-bond donors (Lipinski definition) is 0. The van der Waals surface area contributed by atoms with Crippen molar-refractivity contribution in [1.29, 1.82) is 0 Å². The van der Waals surface area contributed by atoms with Crippen molar-refractivity contribution in [3.05, 3.63) is 127 Å². The summed E-state index contributed by atoms with van der Waals surface area (Å²) in [6.07, 6.45) is 7.10. The molecular weight excluding hydrogens is 738 g/mol. The molecule has 1 aliphatic heterocycles. The van der Waals surface area contributed by atoms with Crippen molar-refractivity contribution < 1.29 is 12.8 Å². The van der Waals surface area contributed by atoms with Gasteiger partial charge in [-0.25, -0.2) is 18.4 Å². The lowest BCUT2D eigenvalue weighted by molar-refractivity contribution is 0.222. The smallest absolute Gasteiger partial charge is 0.261 e. The second-order valence-electron chi connectivity index (χ2n) is 13.4. The fourth-order valence-corrected chi connectivity index (χ4v) is 14.7. The van der Waals surface area contributed by atoms with Crippen LogP contribution in [0.3, 0.4) is 0 Å². The second kappa shape index (κ2) is 15.1. The molecule has 6 aromatic rings. The maximum atomic E-state index is 14.3. The molecule has 13 heteroatoms. The van der Waals surface area contributed by atoms with Crippen molar-refractivity contribution in [3.63, 3.8) is 0 Å². The Kier molecular flexibility index (Phi) is 11.0. The summed E-state index contributed by atoms with van der Waals surface area (Å²) in [6.45, 7) is 7.89. The van der Waals surface area contributed by atoms with Crippen LogP contribution in [0.25, 0.3) is 21.2 Å². The molecule has 0 aliphatic carbocycles. The highest BCUT2D eigenvalue weighted by Gasteiger charge is 2.51. The Balaban J connectivity index is 0.00000448. The Morgan fingerprint density at radius 3 is 2.10 bits per heavy atom. The molecule has 51 heavy (non-hydrogen) atoms. The molecule has 1 saturated heterocycles. The maximum Gasteiger partial charge on any atom is 0.261 e. The highest BCUT2D eigenvalue weighted by molar-refractivity contribution is 7.91. The first-order valence-corrected chi connectivity index (χ1v) is 21.0. The van der Waals surface area contributed by atoms with Crippen molar-refractivity contribution in [2.24, 2.45) is 0 Å². The molecule has 4 heterocycles. The van der Waals surface area contributed by atoms with Gasteiger partial charge in [-0.1, -0.05) is 99.1 Å². The molecule has 1 fully saturated rings. The Morgan fingerprint density at radius 1 is 0.863 bits per heavy atom. The highest BCUT2D eigenvalue weighted by atomic mass is 35.5. The van der Waals surface area contributed by atoms with Crippen molar-refractivity contribution >= 4 is 80.1 Å². The average molecular weight is 777 g/mol. The largest absolute Gasteiger partial charge is 0.405 e. The number of sulfonamides is 1. The van der Waals surface area contributed by atoms with Gasteiger partial charge >= 0.3 is 0 Å². The van der Waals surface area contributed by atoms with Crippen molar-refractivity contribution in [1.82, 2.24) is 19.3 Å². The van der Waals surface area contributed by atoms with E-state index in [1.165, 1.54) is 11.3 Å². The SMILES string of the molecule is CC(C)(C)[Si](OCC1CN(S(=O)(=O)c2cc3ccc(Cl)cc3s2)CCN1c1ncc(-c2ccncc2)cn1)(c1ccccc1)c1ccccc1.Cl. The number of benzene rings is 3. The molecule has 0 amide bonds. The highest BCUT2D eigenvalue weighted by Crippen LogP contribution is 2.38. The molecular formula is C38H39Cl2N5O3S2Si. The van der Waals surface area contributed by atoms with Gasteiger partial charge in [0.1, 0.15) is 4.21 Å². The number of piperazine rings is 1. The molecule has 3 aromatic heterocycles. The molecule has 264 valence electrons. The molecule has 1 unspecified atom stereocenters. The van der Waals surface area contributed by atoms with Gasteiger partial charge in [0.15, 0.2) is 0 Å². The maximum absolute atomic E-state index is 14.3. The molecule has 0 spiro atoms. The van der Waals surface area contributed by atoms with Crippen LogP contribution in [0, 0.1) is 0 Å². The van der Waals surface area contributed by atoms with E-state index in [9.17, 15) is 8.42 Å². The van der Waals surface area contributed by atoms with Gasteiger partial charge in [-0.05, 0) is 56.7 Å². The number of pyridine rings is 1. The van der Waals surface area contributed by atoms with Gasteiger partial charge in [0.05, 0.1) is 12.6 Å². The van der Waals surface area contributed by atoms with E-state index in [0.717, 1.165) is 31.6 Å². The zero-order valence-corrected chi connectivity index (χ0v) is 32.7. The number of aromatic nitrogens is 3. The van der Waals surface area contributed by atoms with Gasteiger partial charge in [-0.2, -0.15) is 4.31 Å². The monoisotopic (exact) mass is 775 g/mol. The summed E-state index contributed by atoms with van der Waals surface area (Å²) >= 11 is 7.48. The average Bonchev–Trinajstić information content (AvgIpc) is 3.57. The topological polar surface area (TPSA) is 88.5 Å². The van der Waals surface area contributed by atoms with E-state index in [1.54, 1.807) is 28.8 Å². The molecule has 3 aromatic carbocycles. The fraction of sp³-hybridized carbons (Fsp3) is 0.237. The molecule has 1 aliphatic rings. The van der Waals surface area contributed by atoms with Gasteiger partial charge in [-0.3, -0.25) is 4.98 Å². The van der Waals surface area contributed by atoms with E-state index in [4.69, 9.17) is 26.0 Å². The normalized spacial score (nSPS) is 15.8. The number of anilines is 1. The summed E-state index contributed by atoms with van der Waals surface area (Å²) in [7, 11) is -6.74. The second-order valence-corrected chi connectivity index (χ2v) is 21.4. The zero-order valence-electron chi connectivity index (χ0n) is 28.5. The van der Waals surface area contributed by atoms with Crippen LogP contribution in [0.2, 0.25) is 10.1 Å². The Labute approximate surface area is 315 Å². The van der Waals surface area contributed by atoms with Gasteiger partial charge in [0.2, 0.25) is 5.95 Å².